The van der Waals surface area contributed by atoms with Gasteiger partial charge in [0.1, 0.15) is 0 Å². The molecule has 2 aromatic heterocycles. The third-order valence-electron chi connectivity index (χ3n) is 3.02. The summed E-state index contributed by atoms with van der Waals surface area (Å²) in [5.41, 5.74) is 1.97. The highest BCUT2D eigenvalue weighted by Gasteiger charge is 2.19. The number of aromatic nitrogens is 4. The number of hydrogen-bond donors (Lipinski definition) is 1. The maximum Gasteiger partial charge on any atom is 0.0938 e. The molecule has 20 heavy (non-hydrogen) atoms. The molecule has 108 valence electrons. The molecule has 0 aliphatic carbocycles. The van der Waals surface area contributed by atoms with Crippen molar-refractivity contribution in [2.75, 3.05) is 6.54 Å². The lowest BCUT2D eigenvalue weighted by Gasteiger charge is -2.18. The lowest BCUT2D eigenvalue weighted by atomic mass is 10.1. The second-order valence-corrected chi connectivity index (χ2v) is 5.11. The van der Waals surface area contributed by atoms with Gasteiger partial charge in [0, 0.05) is 12.7 Å². The first kappa shape index (κ1) is 14.9. The predicted octanol–water partition coefficient (Wildman–Crippen LogP) is 2.83. The maximum absolute atomic E-state index is 5.91. The second-order valence-electron chi connectivity index (χ2n) is 4.67. The Morgan fingerprint density at radius 3 is 2.75 bits per heavy atom. The monoisotopic (exact) mass is 293 g/mol. The lowest BCUT2D eigenvalue weighted by molar-refractivity contribution is 0.499. The minimum Gasteiger partial charge on any atom is -0.304 e. The fourth-order valence-electron chi connectivity index (χ4n) is 2.08. The van der Waals surface area contributed by atoms with E-state index in [-0.39, 0.29) is 6.04 Å². The van der Waals surface area contributed by atoms with E-state index in [0.717, 1.165) is 37.3 Å². The largest absolute Gasteiger partial charge is 0.304 e. The zero-order valence-electron chi connectivity index (χ0n) is 11.9. The van der Waals surface area contributed by atoms with Gasteiger partial charge in [-0.15, -0.1) is 5.10 Å². The SMILES string of the molecule is CCCNC(c1ccc(Cl)cn1)c1cnnn1CCC. The maximum atomic E-state index is 5.91. The van der Waals surface area contributed by atoms with E-state index in [4.69, 9.17) is 11.6 Å². The molecule has 2 heterocycles. The molecule has 0 spiro atoms. The van der Waals surface area contributed by atoms with Gasteiger partial charge in [-0.2, -0.15) is 0 Å². The highest BCUT2D eigenvalue weighted by molar-refractivity contribution is 6.30. The van der Waals surface area contributed by atoms with Crippen LogP contribution in [-0.2, 0) is 6.54 Å². The van der Waals surface area contributed by atoms with Crippen molar-refractivity contribution < 1.29 is 0 Å². The molecular formula is C14H20ClN5. The zero-order chi connectivity index (χ0) is 14.4. The first-order valence-electron chi connectivity index (χ1n) is 6.99. The predicted molar refractivity (Wildman–Crippen MR) is 79.7 cm³/mol. The summed E-state index contributed by atoms with van der Waals surface area (Å²) < 4.78 is 1.93. The minimum atomic E-state index is -0.00577. The number of aryl methyl sites for hydroxylation is 1. The van der Waals surface area contributed by atoms with Crippen molar-refractivity contribution >= 4 is 11.6 Å². The molecule has 0 bridgehead atoms. The summed E-state index contributed by atoms with van der Waals surface area (Å²) >= 11 is 5.91. The van der Waals surface area contributed by atoms with Gasteiger partial charge in [-0.05, 0) is 31.5 Å². The van der Waals surface area contributed by atoms with Crippen LogP contribution in [-0.4, -0.2) is 26.5 Å². The zero-order valence-corrected chi connectivity index (χ0v) is 12.6. The standard InChI is InChI=1S/C14H20ClN5/c1-3-7-16-14(12-6-5-11(15)9-17-12)13-10-18-19-20(13)8-4-2/h5-6,9-10,14,16H,3-4,7-8H2,1-2H3. The smallest absolute Gasteiger partial charge is 0.0938 e. The van der Waals surface area contributed by atoms with Crippen LogP contribution in [0.25, 0.3) is 0 Å². The summed E-state index contributed by atoms with van der Waals surface area (Å²) in [5.74, 6) is 0. The van der Waals surface area contributed by atoms with E-state index in [2.05, 4.69) is 34.5 Å². The van der Waals surface area contributed by atoms with E-state index >= 15 is 0 Å². The second kappa shape index (κ2) is 7.36. The third-order valence-corrected chi connectivity index (χ3v) is 3.25. The Hall–Kier alpha value is -1.46. The van der Waals surface area contributed by atoms with Crippen molar-refractivity contribution in [1.82, 2.24) is 25.3 Å². The normalized spacial score (nSPS) is 12.6. The molecule has 5 nitrogen and oxygen atoms in total. The number of halogens is 1. The van der Waals surface area contributed by atoms with Crippen molar-refractivity contribution in [3.05, 3.63) is 40.9 Å². The number of nitrogens with one attached hydrogen (secondary N) is 1. The van der Waals surface area contributed by atoms with E-state index in [0.29, 0.717) is 5.02 Å². The van der Waals surface area contributed by atoms with Crippen LogP contribution in [0, 0.1) is 0 Å². The average molecular weight is 294 g/mol. The summed E-state index contributed by atoms with van der Waals surface area (Å²) in [4.78, 5) is 4.43. The van der Waals surface area contributed by atoms with Crippen LogP contribution in [0.2, 0.25) is 5.02 Å². The van der Waals surface area contributed by atoms with E-state index in [1.54, 1.807) is 12.4 Å². The third kappa shape index (κ3) is 3.55. The van der Waals surface area contributed by atoms with Gasteiger partial charge >= 0.3 is 0 Å². The van der Waals surface area contributed by atoms with Crippen LogP contribution in [0.1, 0.15) is 44.1 Å². The van der Waals surface area contributed by atoms with Crippen LogP contribution in [0.4, 0.5) is 0 Å². The summed E-state index contributed by atoms with van der Waals surface area (Å²) in [6.07, 6.45) is 5.55. The van der Waals surface area contributed by atoms with Gasteiger partial charge in [0.25, 0.3) is 0 Å². The molecule has 0 fully saturated rings. The van der Waals surface area contributed by atoms with Gasteiger partial charge < -0.3 is 5.32 Å². The molecule has 0 saturated heterocycles. The Labute approximate surface area is 124 Å². The first-order valence-corrected chi connectivity index (χ1v) is 7.37. The van der Waals surface area contributed by atoms with E-state index in [1.165, 1.54) is 0 Å². The first-order chi connectivity index (χ1) is 9.76. The molecule has 0 aromatic carbocycles. The van der Waals surface area contributed by atoms with E-state index in [9.17, 15) is 0 Å². The summed E-state index contributed by atoms with van der Waals surface area (Å²) in [6, 6.07) is 3.80. The number of rotatable bonds is 7. The van der Waals surface area contributed by atoms with Gasteiger partial charge in [0.2, 0.25) is 0 Å². The minimum absolute atomic E-state index is 0.00577. The van der Waals surface area contributed by atoms with Crippen molar-refractivity contribution in [2.24, 2.45) is 0 Å². The summed E-state index contributed by atoms with van der Waals surface area (Å²) in [7, 11) is 0. The van der Waals surface area contributed by atoms with Gasteiger partial charge in [-0.3, -0.25) is 4.98 Å². The molecule has 2 rings (SSSR count). The highest BCUT2D eigenvalue weighted by atomic mass is 35.5. The van der Waals surface area contributed by atoms with Crippen LogP contribution in [0.5, 0.6) is 0 Å². The van der Waals surface area contributed by atoms with Crippen LogP contribution in [0.3, 0.4) is 0 Å². The summed E-state index contributed by atoms with van der Waals surface area (Å²) in [6.45, 7) is 6.03. The lowest BCUT2D eigenvalue weighted by Crippen LogP contribution is -2.26. The molecule has 0 aliphatic rings. The van der Waals surface area contributed by atoms with Crippen molar-refractivity contribution in [3.63, 3.8) is 0 Å². The Balaban J connectivity index is 2.31. The van der Waals surface area contributed by atoms with E-state index < -0.39 is 0 Å². The molecule has 0 saturated carbocycles. The van der Waals surface area contributed by atoms with Gasteiger partial charge in [0.05, 0.1) is 28.6 Å². The molecular weight excluding hydrogens is 274 g/mol. The topological polar surface area (TPSA) is 55.6 Å². The average Bonchev–Trinajstić information content (AvgIpc) is 2.90. The Bertz CT molecular complexity index is 523. The molecule has 1 unspecified atom stereocenters. The van der Waals surface area contributed by atoms with Crippen LogP contribution < -0.4 is 5.32 Å². The van der Waals surface area contributed by atoms with E-state index in [1.807, 2.05) is 16.8 Å². The van der Waals surface area contributed by atoms with Crippen LogP contribution >= 0.6 is 11.6 Å². The van der Waals surface area contributed by atoms with Gasteiger partial charge in [0.15, 0.2) is 0 Å². The Morgan fingerprint density at radius 1 is 1.25 bits per heavy atom. The number of nitrogens with zero attached hydrogens (tertiary/aromatic N) is 4. The number of hydrogen-bond acceptors (Lipinski definition) is 4. The summed E-state index contributed by atoms with van der Waals surface area (Å²) in [5, 5.41) is 12.3. The molecule has 0 amide bonds. The molecule has 2 aromatic rings. The van der Waals surface area contributed by atoms with Gasteiger partial charge in [-0.25, -0.2) is 4.68 Å². The quantitative estimate of drug-likeness (QED) is 0.853. The fourth-order valence-corrected chi connectivity index (χ4v) is 2.19. The van der Waals surface area contributed by atoms with Gasteiger partial charge in [-0.1, -0.05) is 30.7 Å². The van der Waals surface area contributed by atoms with Crippen molar-refractivity contribution in [1.29, 1.82) is 0 Å². The van der Waals surface area contributed by atoms with Crippen molar-refractivity contribution in [2.45, 2.75) is 39.3 Å². The van der Waals surface area contributed by atoms with Crippen LogP contribution in [0.15, 0.2) is 24.5 Å². The molecule has 0 radical (unpaired) electrons. The molecule has 1 N–H and O–H groups in total. The number of pyridine rings is 1. The Kier molecular flexibility index (Phi) is 5.49. The highest BCUT2D eigenvalue weighted by Crippen LogP contribution is 2.21. The Morgan fingerprint density at radius 2 is 2.10 bits per heavy atom. The molecule has 0 aliphatic heterocycles. The molecule has 1 atom stereocenters. The molecule has 6 heteroatoms. The van der Waals surface area contributed by atoms with Crippen molar-refractivity contribution in [3.8, 4) is 0 Å². The fraction of sp³-hybridized carbons (Fsp3) is 0.500.